The summed E-state index contributed by atoms with van der Waals surface area (Å²) >= 11 is 0. The normalized spacial score (nSPS) is 19.5. The molecule has 0 bridgehead atoms. The number of likely N-dealkylation sites (tertiary alicyclic amines) is 2. The molecule has 7 atom stereocenters. The Kier molecular flexibility index (Phi) is 18.7. The number of primary amides is 1. The highest BCUT2D eigenvalue weighted by Gasteiger charge is 2.41. The van der Waals surface area contributed by atoms with Crippen molar-refractivity contribution in [2.45, 2.75) is 142 Å². The Hall–Kier alpha value is -4.81. The SMILES string of the molecule is CC(C)C[C@H](NC(=O)[C@H](C)NC(=O)[C@@H]1CCCN1C(=O)[C@H](CC(C)C)NC(=O)[C@@H](NC(=O)CN)C(C)C)C(=O)N1CCC[C@H]1C(=O)N[C@@H](CCC(N)=O)C(=O)O. The summed E-state index contributed by atoms with van der Waals surface area (Å²) in [6.45, 7) is 12.5. The van der Waals surface area contributed by atoms with Crippen LogP contribution in [0.2, 0.25) is 0 Å². The predicted octanol–water partition coefficient (Wildman–Crippen LogP) is -1.53. The number of carboxylic acid groups (broad SMARTS) is 1. The molecule has 10 N–H and O–H groups in total. The molecule has 2 fully saturated rings. The summed E-state index contributed by atoms with van der Waals surface area (Å²) in [5, 5.41) is 22.7. The van der Waals surface area contributed by atoms with Crippen molar-refractivity contribution in [3.05, 3.63) is 0 Å². The fraction of sp³-hybridized carbons (Fsp3) is 0.757. The van der Waals surface area contributed by atoms with Gasteiger partial charge in [-0.3, -0.25) is 38.4 Å². The summed E-state index contributed by atoms with van der Waals surface area (Å²) in [5.74, 6) is -6.51. The lowest BCUT2D eigenvalue weighted by Crippen LogP contribution is -2.59. The fourth-order valence-corrected chi connectivity index (χ4v) is 6.90. The van der Waals surface area contributed by atoms with Gasteiger partial charge in [0.1, 0.15) is 42.3 Å². The molecule has 2 aliphatic rings. The Morgan fingerprint density at radius 3 is 1.54 bits per heavy atom. The zero-order valence-electron chi connectivity index (χ0n) is 33.7. The molecule has 8 amide bonds. The monoisotopic (exact) mass is 793 g/mol. The summed E-state index contributed by atoms with van der Waals surface area (Å²) < 4.78 is 0. The zero-order chi connectivity index (χ0) is 42.4. The van der Waals surface area contributed by atoms with Crippen molar-refractivity contribution in [1.29, 1.82) is 0 Å². The molecular formula is C37H63N9O10. The molecule has 0 unspecified atom stereocenters. The van der Waals surface area contributed by atoms with Crippen LogP contribution in [0.5, 0.6) is 0 Å². The maximum absolute atomic E-state index is 13.9. The molecule has 0 radical (unpaired) electrons. The Morgan fingerprint density at radius 2 is 1.12 bits per heavy atom. The van der Waals surface area contributed by atoms with E-state index < -0.39 is 95.5 Å². The minimum absolute atomic E-state index is 0.0133. The van der Waals surface area contributed by atoms with Gasteiger partial charge in [0.05, 0.1) is 6.54 Å². The third-order valence-corrected chi connectivity index (χ3v) is 9.82. The van der Waals surface area contributed by atoms with E-state index in [0.717, 1.165) is 0 Å². The first-order chi connectivity index (χ1) is 26.2. The third kappa shape index (κ3) is 14.0. The van der Waals surface area contributed by atoms with Gasteiger partial charge in [-0.15, -0.1) is 0 Å². The van der Waals surface area contributed by atoms with E-state index in [2.05, 4.69) is 26.6 Å². The topological polar surface area (TPSA) is 293 Å². The van der Waals surface area contributed by atoms with Crippen LogP contribution < -0.4 is 38.1 Å². The highest BCUT2D eigenvalue weighted by Crippen LogP contribution is 2.23. The maximum Gasteiger partial charge on any atom is 0.326 e. The van der Waals surface area contributed by atoms with Crippen LogP contribution in [-0.4, -0.2) is 130 Å². The molecular weight excluding hydrogens is 730 g/mol. The average Bonchev–Trinajstić information content (AvgIpc) is 3.81. The number of aliphatic carboxylic acids is 1. The summed E-state index contributed by atoms with van der Waals surface area (Å²) in [7, 11) is 0. The molecule has 19 heteroatoms. The van der Waals surface area contributed by atoms with E-state index in [1.807, 2.05) is 27.7 Å². The predicted molar refractivity (Wildman–Crippen MR) is 204 cm³/mol. The van der Waals surface area contributed by atoms with Crippen LogP contribution in [0.25, 0.3) is 0 Å². The Morgan fingerprint density at radius 1 is 0.661 bits per heavy atom. The van der Waals surface area contributed by atoms with Crippen molar-refractivity contribution in [1.82, 2.24) is 36.4 Å². The largest absolute Gasteiger partial charge is 0.480 e. The molecule has 316 valence electrons. The maximum atomic E-state index is 13.9. The van der Waals surface area contributed by atoms with E-state index in [1.165, 1.54) is 16.7 Å². The number of carbonyl (C=O) groups is 9. The van der Waals surface area contributed by atoms with Crippen molar-refractivity contribution in [3.8, 4) is 0 Å². The Bertz CT molecular complexity index is 1460. The average molecular weight is 794 g/mol. The first-order valence-electron chi connectivity index (χ1n) is 19.5. The molecule has 2 rings (SSSR count). The van der Waals surface area contributed by atoms with E-state index in [9.17, 15) is 48.3 Å². The van der Waals surface area contributed by atoms with Gasteiger partial charge in [-0.25, -0.2) is 4.79 Å². The van der Waals surface area contributed by atoms with Crippen molar-refractivity contribution in [3.63, 3.8) is 0 Å². The van der Waals surface area contributed by atoms with Crippen LogP contribution in [0.3, 0.4) is 0 Å². The number of carboxylic acids is 1. The lowest BCUT2D eigenvalue weighted by molar-refractivity contribution is -0.145. The van der Waals surface area contributed by atoms with Gasteiger partial charge in [-0.1, -0.05) is 41.5 Å². The van der Waals surface area contributed by atoms with Crippen LogP contribution in [0.4, 0.5) is 0 Å². The number of nitrogens with zero attached hydrogens (tertiary/aromatic N) is 2. The molecule has 19 nitrogen and oxygen atoms in total. The summed E-state index contributed by atoms with van der Waals surface area (Å²) in [5.41, 5.74) is 10.6. The van der Waals surface area contributed by atoms with Crippen LogP contribution >= 0.6 is 0 Å². The van der Waals surface area contributed by atoms with Crippen LogP contribution in [0.1, 0.15) is 99.8 Å². The van der Waals surface area contributed by atoms with Crippen molar-refractivity contribution in [2.75, 3.05) is 19.6 Å². The van der Waals surface area contributed by atoms with E-state index in [-0.39, 0.29) is 69.5 Å². The van der Waals surface area contributed by atoms with E-state index in [4.69, 9.17) is 11.5 Å². The lowest BCUT2D eigenvalue weighted by atomic mass is 9.99. The van der Waals surface area contributed by atoms with E-state index >= 15 is 0 Å². The van der Waals surface area contributed by atoms with Gasteiger partial charge < -0.3 is 53.0 Å². The molecule has 0 aromatic rings. The molecule has 0 aromatic carbocycles. The van der Waals surface area contributed by atoms with Crippen molar-refractivity contribution in [2.24, 2.45) is 29.2 Å². The smallest absolute Gasteiger partial charge is 0.326 e. The summed E-state index contributed by atoms with van der Waals surface area (Å²) in [6.07, 6.45) is 1.52. The summed E-state index contributed by atoms with van der Waals surface area (Å²) in [6, 6.07) is -7.46. The van der Waals surface area contributed by atoms with Crippen molar-refractivity contribution >= 4 is 53.2 Å². The Balaban J connectivity index is 2.16. The number of hydrogen-bond donors (Lipinski definition) is 8. The van der Waals surface area contributed by atoms with Gasteiger partial charge in [-0.05, 0) is 69.6 Å². The number of rotatable bonds is 21. The van der Waals surface area contributed by atoms with E-state index in [1.54, 1.807) is 13.8 Å². The molecule has 56 heavy (non-hydrogen) atoms. The minimum atomic E-state index is -1.39. The number of nitrogens with two attached hydrogens (primary N) is 2. The second-order valence-corrected chi connectivity index (χ2v) is 15.9. The molecule has 0 aliphatic carbocycles. The lowest BCUT2D eigenvalue weighted by Gasteiger charge is -2.32. The first kappa shape index (κ1) is 47.3. The van der Waals surface area contributed by atoms with Gasteiger partial charge in [0.25, 0.3) is 0 Å². The third-order valence-electron chi connectivity index (χ3n) is 9.82. The van der Waals surface area contributed by atoms with Gasteiger partial charge in [0.2, 0.25) is 47.3 Å². The zero-order valence-corrected chi connectivity index (χ0v) is 33.7. The number of carbonyl (C=O) groups excluding carboxylic acids is 8. The highest BCUT2D eigenvalue weighted by molar-refractivity contribution is 5.97. The summed E-state index contributed by atoms with van der Waals surface area (Å²) in [4.78, 5) is 119. The van der Waals surface area contributed by atoms with E-state index in [0.29, 0.717) is 19.3 Å². The number of amides is 8. The Labute approximate surface area is 328 Å². The quantitative estimate of drug-likeness (QED) is 0.0660. The molecule has 2 heterocycles. The van der Waals surface area contributed by atoms with Gasteiger partial charge in [0.15, 0.2) is 0 Å². The van der Waals surface area contributed by atoms with Crippen LogP contribution in [-0.2, 0) is 43.2 Å². The number of hydrogen-bond acceptors (Lipinski definition) is 10. The van der Waals surface area contributed by atoms with Crippen LogP contribution in [0.15, 0.2) is 0 Å². The molecule has 2 aliphatic heterocycles. The first-order valence-corrected chi connectivity index (χ1v) is 19.5. The molecule has 0 spiro atoms. The van der Waals surface area contributed by atoms with Gasteiger partial charge in [-0.2, -0.15) is 0 Å². The minimum Gasteiger partial charge on any atom is -0.480 e. The standard InChI is InChI=1S/C37H63N9O10/c1-19(2)16-24(35(53)46-15-9-11-27(46)33(51)41-23(37(55)56)12-13-28(39)47)42-31(49)22(7)40-32(50)26-10-8-14-45(26)36(54)25(17-20(3)4)43-34(52)30(21(5)6)44-29(48)18-38/h19-27,30H,8-18,38H2,1-7H3,(H2,39,47)(H,40,50)(H,41,51)(H,42,49)(H,43,52)(H,44,48)(H,55,56)/t22-,23-,24-,25-,26-,27-,30-/m0/s1. The van der Waals surface area contributed by atoms with Gasteiger partial charge >= 0.3 is 5.97 Å². The fourth-order valence-electron chi connectivity index (χ4n) is 6.90. The van der Waals surface area contributed by atoms with Gasteiger partial charge in [0, 0.05) is 19.5 Å². The number of nitrogens with one attached hydrogen (secondary N) is 5. The van der Waals surface area contributed by atoms with Crippen LogP contribution in [0, 0.1) is 17.8 Å². The highest BCUT2D eigenvalue weighted by atomic mass is 16.4. The molecule has 2 saturated heterocycles. The van der Waals surface area contributed by atoms with Crippen molar-refractivity contribution < 1.29 is 48.3 Å². The second kappa shape index (κ2) is 22.1. The molecule has 0 saturated carbocycles. The second-order valence-electron chi connectivity index (χ2n) is 15.9. The molecule has 0 aromatic heterocycles.